The molecule has 2 aromatic carbocycles. The standard InChI is InChI=1S/C21H22N2O3/c1-13(2)12-23-20(24)17-8-6-5-7-16(17)19(22-23)21(25)26-18-10-9-14(3)11-15(18)4/h5-11,13H,12H2,1-4H3. The van der Waals surface area contributed by atoms with Crippen LogP contribution >= 0.6 is 0 Å². The highest BCUT2D eigenvalue weighted by atomic mass is 16.5. The van der Waals surface area contributed by atoms with Crippen molar-refractivity contribution in [1.82, 2.24) is 9.78 Å². The van der Waals surface area contributed by atoms with Crippen LogP contribution in [0.4, 0.5) is 0 Å². The second-order valence-electron chi connectivity index (χ2n) is 6.93. The molecule has 1 heterocycles. The topological polar surface area (TPSA) is 61.2 Å². The van der Waals surface area contributed by atoms with Crippen LogP contribution in [0.3, 0.4) is 0 Å². The first-order chi connectivity index (χ1) is 12.4. The quantitative estimate of drug-likeness (QED) is 0.529. The summed E-state index contributed by atoms with van der Waals surface area (Å²) in [4.78, 5) is 25.5. The molecule has 0 unspecified atom stereocenters. The Labute approximate surface area is 152 Å². The summed E-state index contributed by atoms with van der Waals surface area (Å²) < 4.78 is 6.93. The molecule has 0 saturated heterocycles. The molecule has 1 aromatic heterocycles. The van der Waals surface area contributed by atoms with Crippen LogP contribution in [0.1, 0.15) is 35.5 Å². The van der Waals surface area contributed by atoms with E-state index in [4.69, 9.17) is 4.74 Å². The van der Waals surface area contributed by atoms with Crippen molar-refractivity contribution in [3.05, 3.63) is 69.6 Å². The van der Waals surface area contributed by atoms with Crippen LogP contribution in [0, 0.1) is 19.8 Å². The summed E-state index contributed by atoms with van der Waals surface area (Å²) in [6, 6.07) is 12.6. The average molecular weight is 350 g/mol. The molecule has 5 nitrogen and oxygen atoms in total. The molecule has 3 aromatic rings. The zero-order chi connectivity index (χ0) is 18.8. The number of aryl methyl sites for hydroxylation is 2. The van der Waals surface area contributed by atoms with Gasteiger partial charge in [-0.05, 0) is 37.5 Å². The van der Waals surface area contributed by atoms with E-state index in [1.54, 1.807) is 30.3 Å². The second kappa shape index (κ2) is 7.12. The Morgan fingerprint density at radius 3 is 2.46 bits per heavy atom. The summed E-state index contributed by atoms with van der Waals surface area (Å²) in [6.45, 7) is 8.30. The minimum Gasteiger partial charge on any atom is -0.421 e. The monoisotopic (exact) mass is 350 g/mol. The van der Waals surface area contributed by atoms with Gasteiger partial charge in [-0.1, -0.05) is 49.7 Å². The first-order valence-electron chi connectivity index (χ1n) is 8.66. The van der Waals surface area contributed by atoms with Crippen molar-refractivity contribution in [1.29, 1.82) is 0 Å². The zero-order valence-electron chi connectivity index (χ0n) is 15.4. The molecule has 0 atom stereocenters. The number of nitrogens with zero attached hydrogens (tertiary/aromatic N) is 2. The molecule has 0 bridgehead atoms. The van der Waals surface area contributed by atoms with E-state index in [9.17, 15) is 9.59 Å². The maximum atomic E-state index is 12.8. The van der Waals surface area contributed by atoms with Crippen molar-refractivity contribution in [2.45, 2.75) is 34.2 Å². The fourth-order valence-corrected chi connectivity index (χ4v) is 2.92. The van der Waals surface area contributed by atoms with Gasteiger partial charge in [0.25, 0.3) is 5.56 Å². The highest BCUT2D eigenvalue weighted by molar-refractivity contribution is 6.02. The predicted molar refractivity (Wildman–Crippen MR) is 102 cm³/mol. The Balaban J connectivity index is 2.09. The van der Waals surface area contributed by atoms with E-state index in [1.165, 1.54) is 4.68 Å². The maximum absolute atomic E-state index is 12.8. The van der Waals surface area contributed by atoms with E-state index in [-0.39, 0.29) is 17.2 Å². The number of benzene rings is 2. The van der Waals surface area contributed by atoms with Crippen LogP contribution in [-0.2, 0) is 6.54 Å². The largest absolute Gasteiger partial charge is 0.421 e. The second-order valence-corrected chi connectivity index (χ2v) is 6.93. The molecule has 0 fully saturated rings. The molecule has 26 heavy (non-hydrogen) atoms. The zero-order valence-corrected chi connectivity index (χ0v) is 15.4. The molecule has 0 spiro atoms. The van der Waals surface area contributed by atoms with E-state index >= 15 is 0 Å². The summed E-state index contributed by atoms with van der Waals surface area (Å²) in [5, 5.41) is 5.29. The number of ether oxygens (including phenoxy) is 1. The molecule has 3 rings (SSSR count). The van der Waals surface area contributed by atoms with Crippen molar-refractivity contribution in [2.24, 2.45) is 5.92 Å². The number of esters is 1. The van der Waals surface area contributed by atoms with Crippen LogP contribution in [-0.4, -0.2) is 15.7 Å². The van der Waals surface area contributed by atoms with E-state index < -0.39 is 5.97 Å². The van der Waals surface area contributed by atoms with Gasteiger partial charge in [0, 0.05) is 11.9 Å². The molecular formula is C21H22N2O3. The molecule has 134 valence electrons. The van der Waals surface area contributed by atoms with Gasteiger partial charge in [-0.2, -0.15) is 5.10 Å². The Morgan fingerprint density at radius 2 is 1.81 bits per heavy atom. The first kappa shape index (κ1) is 17.9. The summed E-state index contributed by atoms with van der Waals surface area (Å²) in [5.41, 5.74) is 1.92. The molecule has 0 aliphatic heterocycles. The highest BCUT2D eigenvalue weighted by Crippen LogP contribution is 2.21. The normalized spacial score (nSPS) is 11.1. The van der Waals surface area contributed by atoms with Crippen LogP contribution in [0.5, 0.6) is 5.75 Å². The van der Waals surface area contributed by atoms with Gasteiger partial charge in [-0.3, -0.25) is 4.79 Å². The van der Waals surface area contributed by atoms with Crippen LogP contribution in [0.15, 0.2) is 47.3 Å². The SMILES string of the molecule is Cc1ccc(OC(=O)c2nn(CC(C)C)c(=O)c3ccccc23)c(C)c1. The Bertz CT molecular complexity index is 1040. The fraction of sp³-hybridized carbons (Fsp3) is 0.286. The van der Waals surface area contributed by atoms with Gasteiger partial charge in [-0.15, -0.1) is 0 Å². The highest BCUT2D eigenvalue weighted by Gasteiger charge is 2.19. The minimum absolute atomic E-state index is 0.154. The number of aromatic nitrogens is 2. The summed E-state index contributed by atoms with van der Waals surface area (Å²) in [5.74, 6) is 0.156. The van der Waals surface area contributed by atoms with Crippen LogP contribution in [0.2, 0.25) is 0 Å². The molecule has 0 amide bonds. The van der Waals surface area contributed by atoms with Gasteiger partial charge in [0.05, 0.1) is 5.39 Å². The summed E-state index contributed by atoms with van der Waals surface area (Å²) in [7, 11) is 0. The van der Waals surface area contributed by atoms with E-state index in [0.29, 0.717) is 23.1 Å². The summed E-state index contributed by atoms with van der Waals surface area (Å²) >= 11 is 0. The third kappa shape index (κ3) is 3.52. The van der Waals surface area contributed by atoms with Crippen LogP contribution in [0.25, 0.3) is 10.8 Å². The fourth-order valence-electron chi connectivity index (χ4n) is 2.92. The van der Waals surface area contributed by atoms with Crippen molar-refractivity contribution >= 4 is 16.7 Å². The lowest BCUT2D eigenvalue weighted by molar-refractivity contribution is 0.0726. The first-order valence-corrected chi connectivity index (χ1v) is 8.66. The summed E-state index contributed by atoms with van der Waals surface area (Å²) in [6.07, 6.45) is 0. The van der Waals surface area contributed by atoms with Gasteiger partial charge in [0.2, 0.25) is 0 Å². The molecule has 0 N–H and O–H groups in total. The number of rotatable bonds is 4. The van der Waals surface area contributed by atoms with Crippen molar-refractivity contribution in [2.75, 3.05) is 0 Å². The van der Waals surface area contributed by atoms with E-state index in [2.05, 4.69) is 5.10 Å². The number of hydrogen-bond acceptors (Lipinski definition) is 4. The smallest absolute Gasteiger partial charge is 0.364 e. The lowest BCUT2D eigenvalue weighted by Gasteiger charge is -2.13. The molecular weight excluding hydrogens is 328 g/mol. The lowest BCUT2D eigenvalue weighted by atomic mass is 10.1. The average Bonchev–Trinajstić information content (AvgIpc) is 2.59. The van der Waals surface area contributed by atoms with Gasteiger partial charge in [0.15, 0.2) is 5.69 Å². The molecule has 0 aliphatic rings. The van der Waals surface area contributed by atoms with E-state index in [0.717, 1.165) is 11.1 Å². The Morgan fingerprint density at radius 1 is 1.12 bits per heavy atom. The number of hydrogen-bond donors (Lipinski definition) is 0. The molecule has 0 radical (unpaired) electrons. The van der Waals surface area contributed by atoms with Crippen molar-refractivity contribution in [3.63, 3.8) is 0 Å². The van der Waals surface area contributed by atoms with Gasteiger partial charge >= 0.3 is 5.97 Å². The molecule has 5 heteroatoms. The third-order valence-corrected chi connectivity index (χ3v) is 4.13. The molecule has 0 aliphatic carbocycles. The van der Waals surface area contributed by atoms with Gasteiger partial charge in [0.1, 0.15) is 5.75 Å². The van der Waals surface area contributed by atoms with Crippen molar-refractivity contribution in [3.8, 4) is 5.75 Å². The van der Waals surface area contributed by atoms with Crippen LogP contribution < -0.4 is 10.3 Å². The number of fused-ring (bicyclic) bond motifs is 1. The van der Waals surface area contributed by atoms with Crippen molar-refractivity contribution < 1.29 is 9.53 Å². The number of carbonyl (C=O) groups excluding carboxylic acids is 1. The minimum atomic E-state index is -0.564. The van der Waals surface area contributed by atoms with Gasteiger partial charge < -0.3 is 4.74 Å². The third-order valence-electron chi connectivity index (χ3n) is 4.13. The van der Waals surface area contributed by atoms with Gasteiger partial charge in [-0.25, -0.2) is 9.48 Å². The predicted octanol–water partition coefficient (Wildman–Crippen LogP) is 3.89. The maximum Gasteiger partial charge on any atom is 0.364 e. The Kier molecular flexibility index (Phi) is 4.89. The lowest BCUT2D eigenvalue weighted by Crippen LogP contribution is -2.28. The number of carbonyl (C=O) groups is 1. The molecule has 0 saturated carbocycles. The van der Waals surface area contributed by atoms with E-state index in [1.807, 2.05) is 39.8 Å². The Hall–Kier alpha value is -2.95.